The van der Waals surface area contributed by atoms with Gasteiger partial charge in [0.1, 0.15) is 0 Å². The summed E-state index contributed by atoms with van der Waals surface area (Å²) in [4.78, 5) is 11.9. The topological polar surface area (TPSA) is 73.6 Å². The molecular formula is C15H20N2O3. The zero-order chi connectivity index (χ0) is 13.9. The van der Waals surface area contributed by atoms with Crippen LogP contribution in [0.1, 0.15) is 31.1 Å². The summed E-state index contributed by atoms with van der Waals surface area (Å²) in [6.45, 7) is 1.25. The number of rotatable bonds is 5. The van der Waals surface area contributed by atoms with Gasteiger partial charge in [0.15, 0.2) is 6.29 Å². The van der Waals surface area contributed by atoms with Crippen LogP contribution in [0.25, 0.3) is 0 Å². The molecule has 1 heterocycles. The number of carbonyl (C=O) groups is 1. The predicted octanol–water partition coefficient (Wildman–Crippen LogP) is 1.80. The number of hydrogen-bond acceptors (Lipinski definition) is 4. The lowest BCUT2D eigenvalue weighted by atomic mass is 10.1. The summed E-state index contributed by atoms with van der Waals surface area (Å²) in [6, 6.07) is 7.54. The predicted molar refractivity (Wildman–Crippen MR) is 75.0 cm³/mol. The normalized spacial score (nSPS) is 20.9. The lowest BCUT2D eigenvalue weighted by molar-refractivity contribution is -0.116. The zero-order valence-electron chi connectivity index (χ0n) is 11.4. The third kappa shape index (κ3) is 3.36. The zero-order valence-corrected chi connectivity index (χ0v) is 11.4. The second kappa shape index (κ2) is 5.91. The van der Waals surface area contributed by atoms with Gasteiger partial charge in [-0.25, -0.2) is 0 Å². The van der Waals surface area contributed by atoms with Crippen LogP contribution in [0, 0.1) is 5.92 Å². The molecule has 20 heavy (non-hydrogen) atoms. The molecule has 5 heteroatoms. The lowest BCUT2D eigenvalue weighted by Crippen LogP contribution is -2.28. The van der Waals surface area contributed by atoms with Gasteiger partial charge < -0.3 is 20.5 Å². The van der Waals surface area contributed by atoms with Crippen molar-refractivity contribution in [1.82, 2.24) is 0 Å². The van der Waals surface area contributed by atoms with Crippen molar-refractivity contribution in [2.45, 2.75) is 31.6 Å². The summed E-state index contributed by atoms with van der Waals surface area (Å²) < 4.78 is 10.8. The van der Waals surface area contributed by atoms with Crippen LogP contribution in [0.4, 0.5) is 5.69 Å². The van der Waals surface area contributed by atoms with E-state index in [1.807, 2.05) is 24.3 Å². The van der Waals surface area contributed by atoms with Gasteiger partial charge in [0.05, 0.1) is 13.2 Å². The van der Waals surface area contributed by atoms with Gasteiger partial charge in [-0.3, -0.25) is 4.79 Å². The number of ether oxygens (including phenoxy) is 2. The minimum atomic E-state index is -0.275. The maximum Gasteiger partial charge on any atom is 0.225 e. The molecule has 2 fully saturated rings. The fraction of sp³-hybridized carbons (Fsp3) is 0.533. The van der Waals surface area contributed by atoms with Gasteiger partial charge in [0, 0.05) is 23.7 Å². The van der Waals surface area contributed by atoms with E-state index in [0.29, 0.717) is 25.6 Å². The first-order chi connectivity index (χ1) is 9.72. The highest BCUT2D eigenvalue weighted by Crippen LogP contribution is 2.33. The van der Waals surface area contributed by atoms with Gasteiger partial charge in [-0.1, -0.05) is 12.1 Å². The minimum absolute atomic E-state index is 0.00504. The van der Waals surface area contributed by atoms with Crippen LogP contribution in [0.2, 0.25) is 0 Å². The molecule has 1 amide bonds. The molecular weight excluding hydrogens is 256 g/mol. The Kier molecular flexibility index (Phi) is 4.00. The summed E-state index contributed by atoms with van der Waals surface area (Å²) in [5, 5.41) is 2.87. The van der Waals surface area contributed by atoms with Crippen LogP contribution in [0.5, 0.6) is 0 Å². The van der Waals surface area contributed by atoms with E-state index in [2.05, 4.69) is 5.32 Å². The van der Waals surface area contributed by atoms with Crippen LogP contribution in [-0.4, -0.2) is 25.2 Å². The molecule has 1 saturated carbocycles. The van der Waals surface area contributed by atoms with E-state index in [0.717, 1.165) is 24.1 Å². The number of anilines is 1. The Hall–Kier alpha value is -1.43. The summed E-state index contributed by atoms with van der Waals surface area (Å²) in [7, 11) is 0. The Morgan fingerprint density at radius 1 is 1.25 bits per heavy atom. The van der Waals surface area contributed by atoms with E-state index in [-0.39, 0.29) is 18.2 Å². The van der Waals surface area contributed by atoms with Crippen LogP contribution in [0.3, 0.4) is 0 Å². The van der Waals surface area contributed by atoms with Crippen molar-refractivity contribution in [3.05, 3.63) is 29.8 Å². The lowest BCUT2D eigenvalue weighted by Gasteiger charge is -2.12. The van der Waals surface area contributed by atoms with E-state index < -0.39 is 0 Å². The maximum atomic E-state index is 11.9. The molecule has 0 aromatic heterocycles. The Morgan fingerprint density at radius 2 is 1.90 bits per heavy atom. The molecule has 1 aliphatic heterocycles. The molecule has 3 N–H and O–H groups in total. The first kappa shape index (κ1) is 13.5. The van der Waals surface area contributed by atoms with Crippen molar-refractivity contribution >= 4 is 11.6 Å². The molecule has 108 valence electrons. The molecule has 1 saturated heterocycles. The molecule has 0 spiro atoms. The molecule has 3 rings (SSSR count). The Balaban J connectivity index is 1.53. The first-order valence-electron chi connectivity index (χ1n) is 7.11. The Bertz CT molecular complexity index is 465. The molecule has 1 aromatic rings. The number of benzene rings is 1. The third-order valence-corrected chi connectivity index (χ3v) is 3.74. The van der Waals surface area contributed by atoms with Gasteiger partial charge in [-0.05, 0) is 30.9 Å². The standard InChI is InChI=1S/C15H20N2O3/c16-13(10-1-2-10)9-14(18)17-12-5-3-11(4-6-12)15-19-7-8-20-15/h3-6,10,13,15H,1-2,7-9,16H2,(H,17,18). The molecule has 1 aliphatic carbocycles. The molecule has 0 radical (unpaired) electrons. The van der Waals surface area contributed by atoms with E-state index in [1.54, 1.807) is 0 Å². The van der Waals surface area contributed by atoms with Gasteiger partial charge in [-0.15, -0.1) is 0 Å². The largest absolute Gasteiger partial charge is 0.346 e. The van der Waals surface area contributed by atoms with Crippen LogP contribution in [0.15, 0.2) is 24.3 Å². The van der Waals surface area contributed by atoms with Crippen LogP contribution >= 0.6 is 0 Å². The number of amides is 1. The van der Waals surface area contributed by atoms with Gasteiger partial charge in [0.2, 0.25) is 5.91 Å². The highest BCUT2D eigenvalue weighted by Gasteiger charge is 2.29. The van der Waals surface area contributed by atoms with Crippen molar-refractivity contribution in [1.29, 1.82) is 0 Å². The summed E-state index contributed by atoms with van der Waals surface area (Å²) in [5.41, 5.74) is 7.69. The average Bonchev–Trinajstić information content (AvgIpc) is 3.15. The van der Waals surface area contributed by atoms with Crippen molar-refractivity contribution in [2.75, 3.05) is 18.5 Å². The highest BCUT2D eigenvalue weighted by atomic mass is 16.7. The van der Waals surface area contributed by atoms with E-state index >= 15 is 0 Å². The maximum absolute atomic E-state index is 11.9. The second-order valence-corrected chi connectivity index (χ2v) is 5.45. The van der Waals surface area contributed by atoms with Gasteiger partial charge in [0.25, 0.3) is 0 Å². The average molecular weight is 276 g/mol. The minimum Gasteiger partial charge on any atom is -0.346 e. The van der Waals surface area contributed by atoms with Crippen LogP contribution < -0.4 is 11.1 Å². The fourth-order valence-corrected chi connectivity index (χ4v) is 2.39. The number of nitrogens with two attached hydrogens (primary N) is 1. The number of carbonyl (C=O) groups excluding carboxylic acids is 1. The SMILES string of the molecule is NC(CC(=O)Nc1ccc(C2OCCO2)cc1)C1CC1. The molecule has 1 atom stereocenters. The fourth-order valence-electron chi connectivity index (χ4n) is 2.39. The van der Waals surface area contributed by atoms with Crippen molar-refractivity contribution in [3.63, 3.8) is 0 Å². The Labute approximate surface area is 118 Å². The molecule has 1 aromatic carbocycles. The van der Waals surface area contributed by atoms with Crippen molar-refractivity contribution < 1.29 is 14.3 Å². The molecule has 5 nitrogen and oxygen atoms in total. The molecule has 1 unspecified atom stereocenters. The van der Waals surface area contributed by atoms with Gasteiger partial charge >= 0.3 is 0 Å². The van der Waals surface area contributed by atoms with Crippen molar-refractivity contribution in [3.8, 4) is 0 Å². The number of hydrogen-bond donors (Lipinski definition) is 2. The third-order valence-electron chi connectivity index (χ3n) is 3.74. The molecule has 2 aliphatic rings. The number of nitrogens with one attached hydrogen (secondary N) is 1. The van der Waals surface area contributed by atoms with E-state index in [9.17, 15) is 4.79 Å². The summed E-state index contributed by atoms with van der Waals surface area (Å²) >= 11 is 0. The van der Waals surface area contributed by atoms with Crippen molar-refractivity contribution in [2.24, 2.45) is 11.7 Å². The van der Waals surface area contributed by atoms with E-state index in [4.69, 9.17) is 15.2 Å². The first-order valence-corrected chi connectivity index (χ1v) is 7.11. The van der Waals surface area contributed by atoms with E-state index in [1.165, 1.54) is 0 Å². The molecule has 0 bridgehead atoms. The quantitative estimate of drug-likeness (QED) is 0.860. The summed E-state index contributed by atoms with van der Waals surface area (Å²) in [6.07, 6.45) is 2.43. The van der Waals surface area contributed by atoms with Gasteiger partial charge in [-0.2, -0.15) is 0 Å². The second-order valence-electron chi connectivity index (χ2n) is 5.45. The smallest absolute Gasteiger partial charge is 0.225 e. The van der Waals surface area contributed by atoms with Crippen LogP contribution in [-0.2, 0) is 14.3 Å². The monoisotopic (exact) mass is 276 g/mol. The highest BCUT2D eigenvalue weighted by molar-refractivity contribution is 5.91. The Morgan fingerprint density at radius 3 is 2.50 bits per heavy atom. The summed E-state index contributed by atoms with van der Waals surface area (Å²) in [5.74, 6) is 0.519.